The fraction of sp³-hybridized carbons (Fsp3) is 0.552. The third kappa shape index (κ3) is 5.14. The SMILES string of the molecule is CO[C@]12C(=O)C3=C(O)c4c(O)c(CN(C)CCC(F)(F)F)cc(N(C)C)c4CC3CC1[C@H](N(C)C)C(=O)C(C(N)=O)=C2O. The summed E-state index contributed by atoms with van der Waals surface area (Å²) >= 11 is 0. The maximum absolute atomic E-state index is 14.4. The summed E-state index contributed by atoms with van der Waals surface area (Å²) in [5.74, 6) is -6.39. The molecule has 0 aromatic heterocycles. The molecule has 11 nitrogen and oxygen atoms in total. The van der Waals surface area contributed by atoms with Crippen LogP contribution in [0.3, 0.4) is 0 Å². The Balaban J connectivity index is 1.92. The average molecular weight is 611 g/mol. The van der Waals surface area contributed by atoms with E-state index in [1.807, 2.05) is 0 Å². The van der Waals surface area contributed by atoms with Gasteiger partial charge < -0.3 is 35.6 Å². The molecule has 3 aliphatic carbocycles. The highest BCUT2D eigenvalue weighted by Gasteiger charge is 2.65. The van der Waals surface area contributed by atoms with E-state index in [1.165, 1.54) is 16.8 Å². The van der Waals surface area contributed by atoms with E-state index in [2.05, 4.69) is 0 Å². The van der Waals surface area contributed by atoms with Crippen LogP contribution in [0.4, 0.5) is 18.9 Å². The number of anilines is 1. The second kappa shape index (κ2) is 11.1. The minimum absolute atomic E-state index is 0.0515. The van der Waals surface area contributed by atoms with Crippen molar-refractivity contribution in [3.63, 3.8) is 0 Å². The quantitative estimate of drug-likeness (QED) is 0.321. The number of aliphatic hydroxyl groups excluding tert-OH is 2. The molecule has 1 amide bonds. The van der Waals surface area contributed by atoms with Gasteiger partial charge in [0.1, 0.15) is 22.8 Å². The summed E-state index contributed by atoms with van der Waals surface area (Å²) in [7, 11) is 9.26. The molecule has 0 aliphatic heterocycles. The number of likely N-dealkylation sites (N-methyl/N-ethyl adjacent to an activating group) is 1. The van der Waals surface area contributed by atoms with Crippen molar-refractivity contribution in [2.45, 2.75) is 43.6 Å². The Bertz CT molecular complexity index is 1440. The number of primary amides is 1. The number of phenolic OH excluding ortho intramolecular Hbond substituents is 1. The lowest BCUT2D eigenvalue weighted by atomic mass is 9.57. The lowest BCUT2D eigenvalue weighted by molar-refractivity contribution is -0.159. The number of alkyl halides is 3. The summed E-state index contributed by atoms with van der Waals surface area (Å²) in [4.78, 5) is 44.7. The highest BCUT2D eigenvalue weighted by atomic mass is 19.4. The number of amides is 1. The molecule has 0 spiro atoms. The third-order valence-electron chi connectivity index (χ3n) is 8.76. The first-order valence-corrected chi connectivity index (χ1v) is 13.7. The molecule has 43 heavy (non-hydrogen) atoms. The van der Waals surface area contributed by atoms with Gasteiger partial charge in [0.25, 0.3) is 5.91 Å². The van der Waals surface area contributed by atoms with E-state index in [0.717, 1.165) is 7.11 Å². The van der Waals surface area contributed by atoms with Gasteiger partial charge in [-0.1, -0.05) is 0 Å². The number of ether oxygens (including phenoxy) is 1. The highest BCUT2D eigenvalue weighted by molar-refractivity contribution is 6.24. The predicted octanol–water partition coefficient (Wildman–Crippen LogP) is 2.07. The smallest absolute Gasteiger partial charge is 0.390 e. The Morgan fingerprint density at radius 2 is 1.77 bits per heavy atom. The molecule has 0 heterocycles. The normalized spacial score (nSPS) is 25.7. The fourth-order valence-electron chi connectivity index (χ4n) is 6.87. The molecule has 2 unspecified atom stereocenters. The predicted molar refractivity (Wildman–Crippen MR) is 150 cm³/mol. The number of halogens is 3. The Hall–Kier alpha value is -3.62. The molecule has 236 valence electrons. The van der Waals surface area contributed by atoms with Crippen LogP contribution >= 0.6 is 0 Å². The molecule has 3 aliphatic rings. The summed E-state index contributed by atoms with van der Waals surface area (Å²) in [5.41, 5.74) is 3.58. The minimum atomic E-state index is -4.36. The number of nitrogens with zero attached hydrogens (tertiary/aromatic N) is 3. The molecular weight excluding hydrogens is 573 g/mol. The second-order valence-electron chi connectivity index (χ2n) is 11.9. The first-order valence-electron chi connectivity index (χ1n) is 13.7. The molecule has 0 radical (unpaired) electrons. The number of aromatic hydroxyl groups is 1. The zero-order chi connectivity index (χ0) is 32.3. The van der Waals surface area contributed by atoms with E-state index in [-0.39, 0.29) is 42.6 Å². The molecule has 0 bridgehead atoms. The summed E-state index contributed by atoms with van der Waals surface area (Å²) < 4.78 is 44.1. The fourth-order valence-corrected chi connectivity index (χ4v) is 6.87. The number of hydrogen-bond acceptors (Lipinski definition) is 10. The molecule has 1 aromatic rings. The standard InChI is InChI=1S/C29H37F3N4O7/c1-34(2)17-11-14(12-36(5)8-7-28(30,31)32)22(37)19-15(17)9-13-10-16-21(35(3)4)24(39)20(27(33)42)26(41)29(16,43-6)25(40)18(13)23(19)38/h11,13,16,21,37-38,41H,7-10,12H2,1-6H3,(H2,33,42)/t13?,16?,21-,29-/m0/s1. The van der Waals surface area contributed by atoms with Gasteiger partial charge >= 0.3 is 6.18 Å². The highest BCUT2D eigenvalue weighted by Crippen LogP contribution is 2.55. The van der Waals surface area contributed by atoms with Crippen molar-refractivity contribution < 1.29 is 47.6 Å². The van der Waals surface area contributed by atoms with Gasteiger partial charge in [0.15, 0.2) is 11.4 Å². The third-order valence-corrected chi connectivity index (χ3v) is 8.76. The Morgan fingerprint density at radius 1 is 1.14 bits per heavy atom. The first-order chi connectivity index (χ1) is 19.9. The van der Waals surface area contributed by atoms with Gasteiger partial charge in [-0.3, -0.25) is 19.3 Å². The number of phenols is 1. The van der Waals surface area contributed by atoms with Gasteiger partial charge in [-0.25, -0.2) is 0 Å². The van der Waals surface area contributed by atoms with E-state index in [1.54, 1.807) is 39.2 Å². The number of carbonyl (C=O) groups excluding carboxylic acids is 3. The van der Waals surface area contributed by atoms with Gasteiger partial charge in [0.05, 0.1) is 18.0 Å². The van der Waals surface area contributed by atoms with E-state index in [0.29, 0.717) is 11.3 Å². The number of Topliss-reactive ketones (excluding diaryl/α,β-unsaturated/α-hetero) is 2. The monoisotopic (exact) mass is 610 g/mol. The van der Waals surface area contributed by atoms with Gasteiger partial charge in [-0.2, -0.15) is 13.2 Å². The van der Waals surface area contributed by atoms with Gasteiger partial charge in [-0.15, -0.1) is 0 Å². The van der Waals surface area contributed by atoms with Crippen LogP contribution in [0.25, 0.3) is 5.76 Å². The first kappa shape index (κ1) is 32.3. The maximum atomic E-state index is 14.4. The summed E-state index contributed by atoms with van der Waals surface area (Å²) in [6.45, 7) is -0.416. The average Bonchev–Trinajstić information content (AvgIpc) is 2.88. The zero-order valence-electron chi connectivity index (χ0n) is 24.9. The topological polar surface area (TPSA) is 157 Å². The van der Waals surface area contributed by atoms with Crippen LogP contribution < -0.4 is 10.6 Å². The van der Waals surface area contributed by atoms with Crippen LogP contribution in [-0.2, 0) is 32.1 Å². The Labute approximate surface area is 247 Å². The minimum Gasteiger partial charge on any atom is -0.508 e. The lowest BCUT2D eigenvalue weighted by Gasteiger charge is -2.52. The number of carbonyl (C=O) groups is 3. The van der Waals surface area contributed by atoms with Crippen LogP contribution in [0, 0.1) is 11.8 Å². The van der Waals surface area contributed by atoms with Crippen LogP contribution in [0.5, 0.6) is 5.75 Å². The van der Waals surface area contributed by atoms with Crippen LogP contribution in [-0.4, -0.2) is 109 Å². The molecule has 14 heteroatoms. The molecule has 0 saturated heterocycles. The van der Waals surface area contributed by atoms with Crippen molar-refractivity contribution in [1.29, 1.82) is 0 Å². The van der Waals surface area contributed by atoms with Crippen LogP contribution in [0.15, 0.2) is 23.0 Å². The number of methoxy groups -OCH3 is 1. The number of nitrogens with two attached hydrogens (primary N) is 1. The molecule has 1 aromatic carbocycles. The molecule has 4 atom stereocenters. The number of hydrogen-bond donors (Lipinski definition) is 4. The van der Waals surface area contributed by atoms with Crippen molar-refractivity contribution in [2.24, 2.45) is 17.6 Å². The Morgan fingerprint density at radius 3 is 2.28 bits per heavy atom. The number of fused-ring (bicyclic) bond motifs is 3. The molecule has 4 rings (SSSR count). The number of ketones is 2. The summed E-state index contributed by atoms with van der Waals surface area (Å²) in [6, 6.07) is 0.574. The largest absolute Gasteiger partial charge is 0.508 e. The molecule has 5 N–H and O–H groups in total. The van der Waals surface area contributed by atoms with Crippen molar-refractivity contribution in [3.8, 4) is 5.75 Å². The van der Waals surface area contributed by atoms with Crippen molar-refractivity contribution in [3.05, 3.63) is 39.7 Å². The summed E-state index contributed by atoms with van der Waals surface area (Å²) in [6.07, 6.45) is -5.18. The van der Waals surface area contributed by atoms with Gasteiger partial charge in [0.2, 0.25) is 5.78 Å². The Kier molecular flexibility index (Phi) is 8.37. The maximum Gasteiger partial charge on any atom is 0.390 e. The van der Waals surface area contributed by atoms with Crippen LogP contribution in [0.2, 0.25) is 0 Å². The molecule has 1 saturated carbocycles. The van der Waals surface area contributed by atoms with E-state index in [4.69, 9.17) is 10.5 Å². The number of rotatable bonds is 8. The van der Waals surface area contributed by atoms with Gasteiger partial charge in [-0.05, 0) is 51.5 Å². The van der Waals surface area contributed by atoms with E-state index < -0.39 is 76.4 Å². The lowest BCUT2D eigenvalue weighted by Crippen LogP contribution is -2.66. The number of aliphatic hydroxyl groups is 2. The van der Waals surface area contributed by atoms with Crippen LogP contribution in [0.1, 0.15) is 29.5 Å². The molecule has 1 fully saturated rings. The number of benzene rings is 1. The molecular formula is C29H37F3N4O7. The zero-order valence-corrected chi connectivity index (χ0v) is 24.9. The van der Waals surface area contributed by atoms with E-state index >= 15 is 0 Å². The van der Waals surface area contributed by atoms with E-state index in [9.17, 15) is 42.9 Å². The van der Waals surface area contributed by atoms with Crippen molar-refractivity contribution >= 4 is 28.9 Å². The van der Waals surface area contributed by atoms with Gasteiger partial charge in [0, 0.05) is 57.0 Å². The van der Waals surface area contributed by atoms with Crippen molar-refractivity contribution in [2.75, 3.05) is 53.8 Å². The second-order valence-corrected chi connectivity index (χ2v) is 11.9. The van der Waals surface area contributed by atoms with Crippen molar-refractivity contribution in [1.82, 2.24) is 9.80 Å². The summed E-state index contributed by atoms with van der Waals surface area (Å²) in [5, 5.41) is 34.3.